The number of ketones is 1. The van der Waals surface area contributed by atoms with Crippen molar-refractivity contribution in [3.8, 4) is 0 Å². The molecule has 0 fully saturated rings. The molecule has 0 radical (unpaired) electrons. The minimum Gasteiger partial charge on any atom is -0.365 e. The summed E-state index contributed by atoms with van der Waals surface area (Å²) in [5.74, 6) is -0.990. The van der Waals surface area contributed by atoms with Crippen LogP contribution in [-0.2, 0) is 11.3 Å². The number of pyridine rings is 1. The van der Waals surface area contributed by atoms with Crippen molar-refractivity contribution < 1.29 is 19.0 Å². The Hall–Kier alpha value is -3.02. The fourth-order valence-corrected chi connectivity index (χ4v) is 2.02. The summed E-state index contributed by atoms with van der Waals surface area (Å²) in [4.78, 5) is 34.7. The third-order valence-electron chi connectivity index (χ3n) is 3.05. The Morgan fingerprint density at radius 3 is 2.55 bits per heavy atom. The van der Waals surface area contributed by atoms with Crippen molar-refractivity contribution in [3.63, 3.8) is 0 Å². The van der Waals surface area contributed by atoms with Crippen LogP contribution >= 0.6 is 0 Å². The second-order valence-corrected chi connectivity index (χ2v) is 4.78. The van der Waals surface area contributed by atoms with Gasteiger partial charge in [0.25, 0.3) is 11.8 Å². The molecule has 0 bridgehead atoms. The largest absolute Gasteiger partial charge is 0.365 e. The number of benzene rings is 1. The molecular formula is C16H16N3O3+. The summed E-state index contributed by atoms with van der Waals surface area (Å²) in [5.41, 5.74) is 6.43. The van der Waals surface area contributed by atoms with E-state index in [2.05, 4.69) is 5.32 Å². The quantitative estimate of drug-likeness (QED) is 0.635. The predicted molar refractivity (Wildman–Crippen MR) is 80.2 cm³/mol. The average molecular weight is 298 g/mol. The van der Waals surface area contributed by atoms with Gasteiger partial charge in [0.2, 0.25) is 6.54 Å². The van der Waals surface area contributed by atoms with Gasteiger partial charge in [-0.25, -0.2) is 0 Å². The van der Waals surface area contributed by atoms with Crippen LogP contribution in [0.2, 0.25) is 0 Å². The number of nitrogens with two attached hydrogens (primary N) is 1. The highest BCUT2D eigenvalue weighted by Crippen LogP contribution is 2.15. The van der Waals surface area contributed by atoms with Crippen molar-refractivity contribution in [2.24, 2.45) is 5.73 Å². The number of aromatic nitrogens is 1. The number of Topliss-reactive ketones (excluding diaryl/α,β-unsaturated/α-hetero) is 1. The van der Waals surface area contributed by atoms with Crippen LogP contribution in [0.1, 0.15) is 27.6 Å². The Bertz CT molecular complexity index is 741. The molecule has 1 aromatic carbocycles. The molecule has 0 unspecified atom stereocenters. The first-order valence-corrected chi connectivity index (χ1v) is 6.66. The maximum atomic E-state index is 12.1. The van der Waals surface area contributed by atoms with Gasteiger partial charge < -0.3 is 11.1 Å². The number of carbonyl (C=O) groups is 3. The number of hydrogen-bond acceptors (Lipinski definition) is 3. The minimum atomic E-state index is -0.559. The molecule has 6 nitrogen and oxygen atoms in total. The molecule has 2 rings (SSSR count). The highest BCUT2D eigenvalue weighted by Gasteiger charge is 2.14. The van der Waals surface area contributed by atoms with Crippen molar-refractivity contribution in [2.45, 2.75) is 13.5 Å². The number of anilines is 1. The van der Waals surface area contributed by atoms with Crippen molar-refractivity contribution in [1.82, 2.24) is 0 Å². The van der Waals surface area contributed by atoms with Crippen LogP contribution in [0.4, 0.5) is 5.69 Å². The Labute approximate surface area is 127 Å². The number of amides is 2. The van der Waals surface area contributed by atoms with E-state index in [4.69, 9.17) is 5.73 Å². The lowest BCUT2D eigenvalue weighted by Crippen LogP contribution is -2.40. The number of hydrogen-bond donors (Lipinski definition) is 2. The van der Waals surface area contributed by atoms with E-state index in [1.807, 2.05) is 0 Å². The van der Waals surface area contributed by atoms with E-state index in [0.29, 0.717) is 16.8 Å². The SMILES string of the molecule is CC(=O)c1ccccc1NC(=O)C[n+]1cccc(C(N)=O)c1. The summed E-state index contributed by atoms with van der Waals surface area (Å²) < 4.78 is 1.55. The number of carbonyl (C=O) groups excluding carboxylic acids is 3. The smallest absolute Gasteiger partial charge is 0.290 e. The molecule has 2 aromatic rings. The molecule has 0 spiro atoms. The second-order valence-electron chi connectivity index (χ2n) is 4.78. The van der Waals surface area contributed by atoms with Gasteiger partial charge in [-0.1, -0.05) is 12.1 Å². The van der Waals surface area contributed by atoms with Gasteiger partial charge in [-0.3, -0.25) is 14.4 Å². The van der Waals surface area contributed by atoms with Gasteiger partial charge in [-0.2, -0.15) is 4.57 Å². The first-order chi connectivity index (χ1) is 10.5. The summed E-state index contributed by atoms with van der Waals surface area (Å²) >= 11 is 0. The third kappa shape index (κ3) is 3.76. The van der Waals surface area contributed by atoms with Gasteiger partial charge in [0.05, 0.1) is 5.69 Å². The number of para-hydroxylation sites is 1. The summed E-state index contributed by atoms with van der Waals surface area (Å²) in [5, 5.41) is 2.69. The van der Waals surface area contributed by atoms with Gasteiger partial charge in [0, 0.05) is 11.6 Å². The Morgan fingerprint density at radius 2 is 1.86 bits per heavy atom. The van der Waals surface area contributed by atoms with Crippen molar-refractivity contribution in [2.75, 3.05) is 5.32 Å². The average Bonchev–Trinajstić information content (AvgIpc) is 2.47. The van der Waals surface area contributed by atoms with E-state index in [1.54, 1.807) is 47.2 Å². The van der Waals surface area contributed by atoms with Crippen LogP contribution in [0.15, 0.2) is 48.8 Å². The first kappa shape index (κ1) is 15.4. The molecule has 0 saturated heterocycles. The second kappa shape index (κ2) is 6.62. The number of nitrogens with zero attached hydrogens (tertiary/aromatic N) is 1. The van der Waals surface area contributed by atoms with Crippen LogP contribution in [0.5, 0.6) is 0 Å². The molecule has 0 aliphatic heterocycles. The van der Waals surface area contributed by atoms with E-state index in [0.717, 1.165) is 0 Å². The zero-order valence-corrected chi connectivity index (χ0v) is 12.1. The fraction of sp³-hybridized carbons (Fsp3) is 0.125. The van der Waals surface area contributed by atoms with E-state index in [1.165, 1.54) is 13.1 Å². The zero-order valence-electron chi connectivity index (χ0n) is 12.1. The molecule has 1 heterocycles. The number of rotatable bonds is 5. The topological polar surface area (TPSA) is 93.1 Å². The van der Waals surface area contributed by atoms with Gasteiger partial charge in [0.1, 0.15) is 5.56 Å². The van der Waals surface area contributed by atoms with Crippen LogP contribution in [0.3, 0.4) is 0 Å². The van der Waals surface area contributed by atoms with Crippen LogP contribution in [0.25, 0.3) is 0 Å². The zero-order chi connectivity index (χ0) is 16.1. The van der Waals surface area contributed by atoms with E-state index in [-0.39, 0.29) is 18.2 Å². The molecule has 22 heavy (non-hydrogen) atoms. The third-order valence-corrected chi connectivity index (χ3v) is 3.05. The molecule has 3 N–H and O–H groups in total. The van der Waals surface area contributed by atoms with Crippen molar-refractivity contribution in [1.29, 1.82) is 0 Å². The summed E-state index contributed by atoms with van der Waals surface area (Å²) in [6.45, 7) is 1.45. The highest BCUT2D eigenvalue weighted by atomic mass is 16.2. The summed E-state index contributed by atoms with van der Waals surface area (Å²) in [6, 6.07) is 10.00. The van der Waals surface area contributed by atoms with Gasteiger partial charge in [-0.15, -0.1) is 0 Å². The van der Waals surface area contributed by atoms with Gasteiger partial charge in [0.15, 0.2) is 18.2 Å². The van der Waals surface area contributed by atoms with E-state index >= 15 is 0 Å². The molecule has 6 heteroatoms. The molecule has 1 aromatic heterocycles. The lowest BCUT2D eigenvalue weighted by atomic mass is 10.1. The number of primary amides is 1. The predicted octanol–water partition coefficient (Wildman–Crippen LogP) is 0.914. The van der Waals surface area contributed by atoms with Crippen molar-refractivity contribution in [3.05, 3.63) is 59.9 Å². The molecule has 0 atom stereocenters. The molecular weight excluding hydrogens is 282 g/mol. The minimum absolute atomic E-state index is 0.00730. The first-order valence-electron chi connectivity index (χ1n) is 6.66. The normalized spacial score (nSPS) is 10.0. The van der Waals surface area contributed by atoms with E-state index < -0.39 is 5.91 Å². The standard InChI is InChI=1S/C16H15N3O3/c1-11(20)13-6-2-3-7-14(13)18-15(21)10-19-8-4-5-12(9-19)16(17)22/h2-9H,10H2,1H3,(H2-,17,18,20,21,22)/p+1. The molecule has 0 aliphatic rings. The van der Waals surface area contributed by atoms with Crippen LogP contribution < -0.4 is 15.6 Å². The monoisotopic (exact) mass is 298 g/mol. The molecule has 0 aliphatic carbocycles. The van der Waals surface area contributed by atoms with Crippen molar-refractivity contribution >= 4 is 23.3 Å². The maximum Gasteiger partial charge on any atom is 0.290 e. The molecule has 0 saturated carbocycles. The summed E-state index contributed by atoms with van der Waals surface area (Å²) in [7, 11) is 0. The van der Waals surface area contributed by atoms with Crippen LogP contribution in [0, 0.1) is 0 Å². The van der Waals surface area contributed by atoms with Gasteiger partial charge >= 0.3 is 0 Å². The van der Waals surface area contributed by atoms with Crippen LogP contribution in [-0.4, -0.2) is 17.6 Å². The number of nitrogens with one attached hydrogen (secondary N) is 1. The Kier molecular flexibility index (Phi) is 4.63. The Balaban J connectivity index is 2.12. The lowest BCUT2D eigenvalue weighted by molar-refractivity contribution is -0.684. The lowest BCUT2D eigenvalue weighted by Gasteiger charge is -2.07. The molecule has 2 amide bonds. The molecule has 112 valence electrons. The maximum absolute atomic E-state index is 12.1. The summed E-state index contributed by atoms with van der Waals surface area (Å²) in [6.07, 6.45) is 3.15. The van der Waals surface area contributed by atoms with Gasteiger partial charge in [-0.05, 0) is 25.1 Å². The van der Waals surface area contributed by atoms with E-state index in [9.17, 15) is 14.4 Å². The highest BCUT2D eigenvalue weighted by molar-refractivity contribution is 6.03. The Morgan fingerprint density at radius 1 is 1.14 bits per heavy atom. The fourth-order valence-electron chi connectivity index (χ4n) is 2.02.